The highest BCUT2D eigenvalue weighted by Crippen LogP contribution is 2.10. The van der Waals surface area contributed by atoms with Crippen molar-refractivity contribution in [2.75, 3.05) is 5.32 Å². The van der Waals surface area contributed by atoms with Crippen molar-refractivity contribution in [3.8, 4) is 6.07 Å². The molecule has 0 amide bonds. The second-order valence-electron chi connectivity index (χ2n) is 3.90. The van der Waals surface area contributed by atoms with Crippen LogP contribution in [0, 0.1) is 11.3 Å². The van der Waals surface area contributed by atoms with Crippen LogP contribution in [0.4, 0.5) is 5.69 Å². The van der Waals surface area contributed by atoms with Crippen LogP contribution in [0.3, 0.4) is 0 Å². The molecule has 0 unspecified atom stereocenters. The second kappa shape index (κ2) is 5.65. The number of nitriles is 1. The quantitative estimate of drug-likeness (QED) is 0.872. The van der Waals surface area contributed by atoms with Gasteiger partial charge in [-0.25, -0.2) is 9.78 Å². The highest BCUT2D eigenvalue weighted by atomic mass is 16.4. The number of nitrogens with zero attached hydrogens (tertiary/aromatic N) is 2. The zero-order chi connectivity index (χ0) is 13.7. The van der Waals surface area contributed by atoms with Crippen molar-refractivity contribution in [2.24, 2.45) is 0 Å². The number of carbonyl (C=O) groups is 1. The van der Waals surface area contributed by atoms with Gasteiger partial charge in [0.05, 0.1) is 17.4 Å². The van der Waals surface area contributed by atoms with E-state index in [1.54, 1.807) is 36.5 Å². The van der Waals surface area contributed by atoms with Crippen LogP contribution in [0.25, 0.3) is 0 Å². The van der Waals surface area contributed by atoms with Gasteiger partial charge in [-0.15, -0.1) is 0 Å². The summed E-state index contributed by atoms with van der Waals surface area (Å²) in [6, 6.07) is 12.0. The first kappa shape index (κ1) is 12.6. The van der Waals surface area contributed by atoms with Crippen LogP contribution >= 0.6 is 0 Å². The monoisotopic (exact) mass is 253 g/mol. The van der Waals surface area contributed by atoms with Crippen LogP contribution in [0.15, 0.2) is 42.6 Å². The number of nitrogens with one attached hydrogen (secondary N) is 1. The summed E-state index contributed by atoms with van der Waals surface area (Å²) < 4.78 is 0. The number of rotatable bonds is 4. The summed E-state index contributed by atoms with van der Waals surface area (Å²) in [4.78, 5) is 14.8. The largest absolute Gasteiger partial charge is 0.478 e. The molecule has 1 heterocycles. The molecule has 19 heavy (non-hydrogen) atoms. The predicted octanol–water partition coefficient (Wildman–Crippen LogP) is 2.26. The number of hydrogen-bond acceptors (Lipinski definition) is 4. The van der Waals surface area contributed by atoms with Gasteiger partial charge in [0.2, 0.25) is 0 Å². The van der Waals surface area contributed by atoms with E-state index in [1.807, 2.05) is 12.1 Å². The van der Waals surface area contributed by atoms with Crippen molar-refractivity contribution < 1.29 is 9.90 Å². The lowest BCUT2D eigenvalue weighted by Crippen LogP contribution is -2.02. The van der Waals surface area contributed by atoms with Gasteiger partial charge in [-0.05, 0) is 29.8 Å². The predicted molar refractivity (Wildman–Crippen MR) is 69.7 cm³/mol. The maximum atomic E-state index is 10.8. The SMILES string of the molecule is N#Cc1ccc(NCc2cccc(C(=O)O)c2)cn1. The molecule has 5 nitrogen and oxygen atoms in total. The standard InChI is InChI=1S/C14H11N3O2/c15-7-12-4-5-13(9-17-12)16-8-10-2-1-3-11(6-10)14(18)19/h1-6,9,16H,8H2,(H,18,19). The van der Waals surface area contributed by atoms with Crippen LogP contribution in [0.1, 0.15) is 21.6 Å². The van der Waals surface area contributed by atoms with Gasteiger partial charge < -0.3 is 10.4 Å². The van der Waals surface area contributed by atoms with E-state index in [1.165, 1.54) is 0 Å². The van der Waals surface area contributed by atoms with E-state index < -0.39 is 5.97 Å². The summed E-state index contributed by atoms with van der Waals surface area (Å²) >= 11 is 0. The molecule has 0 radical (unpaired) electrons. The van der Waals surface area contributed by atoms with Crippen LogP contribution in [0.2, 0.25) is 0 Å². The summed E-state index contributed by atoms with van der Waals surface area (Å²) in [5, 5.41) is 20.6. The highest BCUT2D eigenvalue weighted by Gasteiger charge is 2.03. The lowest BCUT2D eigenvalue weighted by Gasteiger charge is -2.06. The van der Waals surface area contributed by atoms with Gasteiger partial charge in [-0.1, -0.05) is 12.1 Å². The molecule has 2 rings (SSSR count). The van der Waals surface area contributed by atoms with Crippen molar-refractivity contribution in [1.82, 2.24) is 4.98 Å². The third-order valence-corrected chi connectivity index (χ3v) is 2.55. The molecule has 0 atom stereocenters. The third-order valence-electron chi connectivity index (χ3n) is 2.55. The average molecular weight is 253 g/mol. The van der Waals surface area contributed by atoms with Crippen LogP contribution in [0.5, 0.6) is 0 Å². The molecule has 2 aromatic rings. The van der Waals surface area contributed by atoms with Crippen molar-refractivity contribution >= 4 is 11.7 Å². The first-order valence-corrected chi connectivity index (χ1v) is 5.61. The van der Waals surface area contributed by atoms with Gasteiger partial charge in [0, 0.05) is 6.54 Å². The Hall–Kier alpha value is -2.87. The van der Waals surface area contributed by atoms with Crippen molar-refractivity contribution in [3.63, 3.8) is 0 Å². The van der Waals surface area contributed by atoms with E-state index in [2.05, 4.69) is 10.3 Å². The molecule has 94 valence electrons. The van der Waals surface area contributed by atoms with E-state index in [-0.39, 0.29) is 5.56 Å². The van der Waals surface area contributed by atoms with E-state index in [0.717, 1.165) is 11.3 Å². The molecule has 0 aliphatic heterocycles. The normalized spacial score (nSPS) is 9.63. The molecule has 5 heteroatoms. The van der Waals surface area contributed by atoms with Crippen LogP contribution in [-0.4, -0.2) is 16.1 Å². The maximum Gasteiger partial charge on any atom is 0.335 e. The number of aromatic carboxylic acids is 1. The van der Waals surface area contributed by atoms with E-state index in [9.17, 15) is 4.79 Å². The molecule has 1 aromatic carbocycles. The Balaban J connectivity index is 2.03. The van der Waals surface area contributed by atoms with Crippen molar-refractivity contribution in [1.29, 1.82) is 5.26 Å². The molecule has 0 fully saturated rings. The fourth-order valence-corrected chi connectivity index (χ4v) is 1.58. The Morgan fingerprint density at radius 1 is 1.37 bits per heavy atom. The first-order valence-electron chi connectivity index (χ1n) is 5.61. The molecule has 2 N–H and O–H groups in total. The summed E-state index contributed by atoms with van der Waals surface area (Å²) in [5.74, 6) is -0.943. The van der Waals surface area contributed by atoms with Gasteiger partial charge in [-0.2, -0.15) is 5.26 Å². The zero-order valence-electron chi connectivity index (χ0n) is 10.00. The Kier molecular flexibility index (Phi) is 3.74. The number of benzene rings is 1. The summed E-state index contributed by atoms with van der Waals surface area (Å²) in [7, 11) is 0. The van der Waals surface area contributed by atoms with Gasteiger partial charge in [0.1, 0.15) is 11.8 Å². The number of pyridine rings is 1. The van der Waals surface area contributed by atoms with Gasteiger partial charge in [-0.3, -0.25) is 0 Å². The van der Waals surface area contributed by atoms with Crippen LogP contribution in [-0.2, 0) is 6.54 Å². The van der Waals surface area contributed by atoms with Crippen molar-refractivity contribution in [2.45, 2.75) is 6.54 Å². The Labute approximate surface area is 110 Å². The summed E-state index contributed by atoms with van der Waals surface area (Å²) in [6.07, 6.45) is 1.57. The van der Waals surface area contributed by atoms with E-state index in [4.69, 9.17) is 10.4 Å². The fraction of sp³-hybridized carbons (Fsp3) is 0.0714. The van der Waals surface area contributed by atoms with Crippen molar-refractivity contribution in [3.05, 3.63) is 59.4 Å². The number of aromatic nitrogens is 1. The number of carboxylic acids is 1. The molecule has 0 spiro atoms. The zero-order valence-corrected chi connectivity index (χ0v) is 10.00. The molecule has 0 aliphatic carbocycles. The van der Waals surface area contributed by atoms with E-state index >= 15 is 0 Å². The summed E-state index contributed by atoms with van der Waals surface area (Å²) in [6.45, 7) is 0.495. The minimum absolute atomic E-state index is 0.261. The number of carboxylic acid groups (broad SMARTS) is 1. The Morgan fingerprint density at radius 2 is 2.21 bits per heavy atom. The summed E-state index contributed by atoms with van der Waals surface area (Å²) in [5.41, 5.74) is 2.26. The van der Waals surface area contributed by atoms with Gasteiger partial charge in [0.15, 0.2) is 0 Å². The topological polar surface area (TPSA) is 86.0 Å². The molecule has 0 saturated heterocycles. The molecule has 1 aromatic heterocycles. The minimum atomic E-state index is -0.943. The lowest BCUT2D eigenvalue weighted by molar-refractivity contribution is 0.0697. The molecule has 0 bridgehead atoms. The third kappa shape index (κ3) is 3.30. The fourth-order valence-electron chi connectivity index (χ4n) is 1.58. The molecular weight excluding hydrogens is 242 g/mol. The van der Waals surface area contributed by atoms with Crippen LogP contribution < -0.4 is 5.32 Å². The lowest BCUT2D eigenvalue weighted by atomic mass is 10.1. The van der Waals surface area contributed by atoms with E-state index in [0.29, 0.717) is 12.2 Å². The average Bonchev–Trinajstić information content (AvgIpc) is 2.46. The number of hydrogen-bond donors (Lipinski definition) is 2. The molecule has 0 aliphatic rings. The second-order valence-corrected chi connectivity index (χ2v) is 3.90. The smallest absolute Gasteiger partial charge is 0.335 e. The molecular formula is C14H11N3O2. The minimum Gasteiger partial charge on any atom is -0.478 e. The highest BCUT2D eigenvalue weighted by molar-refractivity contribution is 5.87. The molecule has 0 saturated carbocycles. The Bertz CT molecular complexity index is 630. The Morgan fingerprint density at radius 3 is 2.84 bits per heavy atom. The van der Waals surface area contributed by atoms with Gasteiger partial charge >= 0.3 is 5.97 Å². The van der Waals surface area contributed by atoms with Gasteiger partial charge in [0.25, 0.3) is 0 Å². The first-order chi connectivity index (χ1) is 9.19. The maximum absolute atomic E-state index is 10.8. The number of anilines is 1.